The van der Waals surface area contributed by atoms with Gasteiger partial charge in [-0.3, -0.25) is 0 Å². The standard InChI is InChI=1S/C12H9F.CO2/c13-12-8-4-7-11(9-12)10-5-2-1-3-6-10;2-1-3/h1-9H;. The Balaban J connectivity index is 0.000000386. The molecular weight excluding hydrogens is 207 g/mol. The van der Waals surface area contributed by atoms with E-state index in [1.54, 1.807) is 6.07 Å². The lowest BCUT2D eigenvalue weighted by Crippen LogP contribution is -1.78. The summed E-state index contributed by atoms with van der Waals surface area (Å²) in [5, 5.41) is 0. The lowest BCUT2D eigenvalue weighted by atomic mass is 10.1. The van der Waals surface area contributed by atoms with Gasteiger partial charge in [-0.1, -0.05) is 42.5 Å². The van der Waals surface area contributed by atoms with E-state index in [2.05, 4.69) is 0 Å². The van der Waals surface area contributed by atoms with E-state index >= 15 is 0 Å². The van der Waals surface area contributed by atoms with Crippen LogP contribution < -0.4 is 0 Å². The van der Waals surface area contributed by atoms with Gasteiger partial charge in [0.25, 0.3) is 0 Å². The maximum atomic E-state index is 12.9. The summed E-state index contributed by atoms with van der Waals surface area (Å²) >= 11 is 0. The molecule has 2 aromatic rings. The van der Waals surface area contributed by atoms with Crippen LogP contribution in [0.25, 0.3) is 11.1 Å². The van der Waals surface area contributed by atoms with Crippen molar-refractivity contribution >= 4 is 6.15 Å². The van der Waals surface area contributed by atoms with Crippen LogP contribution in [0, 0.1) is 5.82 Å². The number of rotatable bonds is 1. The Bertz CT molecular complexity index is 474. The van der Waals surface area contributed by atoms with Gasteiger partial charge in [0.05, 0.1) is 0 Å². The lowest BCUT2D eigenvalue weighted by molar-refractivity contribution is -0.191. The first-order valence-electron chi connectivity index (χ1n) is 4.58. The second kappa shape index (κ2) is 6.27. The Labute approximate surface area is 92.3 Å². The Morgan fingerprint density at radius 2 is 1.38 bits per heavy atom. The molecule has 80 valence electrons. The Kier molecular flexibility index (Phi) is 4.64. The first-order valence-corrected chi connectivity index (χ1v) is 4.58. The van der Waals surface area contributed by atoms with Gasteiger partial charge < -0.3 is 0 Å². The smallest absolute Gasteiger partial charge is 0.207 e. The van der Waals surface area contributed by atoms with Gasteiger partial charge in [-0.15, -0.1) is 0 Å². The number of hydrogen-bond donors (Lipinski definition) is 0. The normalized spacial score (nSPS) is 8.56. The van der Waals surface area contributed by atoms with Crippen molar-refractivity contribution in [1.82, 2.24) is 0 Å². The molecule has 0 heterocycles. The minimum absolute atomic E-state index is 0.193. The zero-order valence-electron chi connectivity index (χ0n) is 8.39. The summed E-state index contributed by atoms with van der Waals surface area (Å²) in [5.41, 5.74) is 1.96. The summed E-state index contributed by atoms with van der Waals surface area (Å²) < 4.78 is 12.9. The van der Waals surface area contributed by atoms with Crippen LogP contribution >= 0.6 is 0 Å². The molecule has 0 saturated heterocycles. The van der Waals surface area contributed by atoms with Gasteiger partial charge >= 0.3 is 6.15 Å². The number of hydrogen-bond acceptors (Lipinski definition) is 2. The second-order valence-electron chi connectivity index (χ2n) is 2.96. The van der Waals surface area contributed by atoms with Crippen LogP contribution in [0.3, 0.4) is 0 Å². The van der Waals surface area contributed by atoms with Gasteiger partial charge in [-0.25, -0.2) is 4.39 Å². The predicted octanol–water partition coefficient (Wildman–Crippen LogP) is 2.91. The molecule has 0 radical (unpaired) electrons. The fourth-order valence-electron chi connectivity index (χ4n) is 1.30. The second-order valence-corrected chi connectivity index (χ2v) is 2.96. The van der Waals surface area contributed by atoms with E-state index in [1.165, 1.54) is 12.1 Å². The SMILES string of the molecule is Fc1cccc(-c2ccccc2)c1.O=C=O. The van der Waals surface area contributed by atoms with E-state index in [0.717, 1.165) is 11.1 Å². The zero-order valence-corrected chi connectivity index (χ0v) is 8.39. The monoisotopic (exact) mass is 216 g/mol. The van der Waals surface area contributed by atoms with Crippen molar-refractivity contribution in [2.75, 3.05) is 0 Å². The summed E-state index contributed by atoms with van der Waals surface area (Å²) in [4.78, 5) is 16.2. The Morgan fingerprint density at radius 3 is 1.94 bits per heavy atom. The van der Waals surface area contributed by atoms with Gasteiger partial charge in [-0.2, -0.15) is 9.59 Å². The molecule has 0 bridgehead atoms. The van der Waals surface area contributed by atoms with Crippen LogP contribution in [0.2, 0.25) is 0 Å². The maximum absolute atomic E-state index is 12.9. The third-order valence-corrected chi connectivity index (χ3v) is 1.93. The highest BCUT2D eigenvalue weighted by molar-refractivity contribution is 5.62. The summed E-state index contributed by atoms with van der Waals surface area (Å²) in [5.74, 6) is -0.193. The van der Waals surface area contributed by atoms with Crippen LogP contribution in [-0.2, 0) is 9.59 Å². The fourth-order valence-corrected chi connectivity index (χ4v) is 1.30. The fraction of sp³-hybridized carbons (Fsp3) is 0. The number of benzene rings is 2. The van der Waals surface area contributed by atoms with Crippen molar-refractivity contribution in [3.63, 3.8) is 0 Å². The molecular formula is C13H9FO2. The Morgan fingerprint density at radius 1 is 0.812 bits per heavy atom. The summed E-state index contributed by atoms with van der Waals surface area (Å²) in [6.07, 6.45) is 0.250. The van der Waals surface area contributed by atoms with Gasteiger partial charge in [0.15, 0.2) is 0 Å². The quantitative estimate of drug-likeness (QED) is 0.734. The van der Waals surface area contributed by atoms with E-state index in [-0.39, 0.29) is 12.0 Å². The highest BCUT2D eigenvalue weighted by atomic mass is 19.1. The average Bonchev–Trinajstić information content (AvgIpc) is 2.31. The zero-order chi connectivity index (χ0) is 11.8. The third kappa shape index (κ3) is 3.48. The molecule has 0 N–H and O–H groups in total. The highest BCUT2D eigenvalue weighted by Gasteiger charge is 1.96. The first kappa shape index (κ1) is 11.8. The van der Waals surface area contributed by atoms with E-state index in [0.29, 0.717) is 0 Å². The number of halogens is 1. The summed E-state index contributed by atoms with van der Waals surface area (Å²) in [6, 6.07) is 16.4. The van der Waals surface area contributed by atoms with Gasteiger partial charge in [0.1, 0.15) is 5.82 Å². The highest BCUT2D eigenvalue weighted by Crippen LogP contribution is 2.18. The van der Waals surface area contributed by atoms with E-state index < -0.39 is 0 Å². The van der Waals surface area contributed by atoms with Crippen LogP contribution in [0.1, 0.15) is 0 Å². The molecule has 0 amide bonds. The summed E-state index contributed by atoms with van der Waals surface area (Å²) in [7, 11) is 0. The van der Waals surface area contributed by atoms with Crippen molar-refractivity contribution in [1.29, 1.82) is 0 Å². The number of carbonyl (C=O) groups excluding carboxylic acids is 2. The third-order valence-electron chi connectivity index (χ3n) is 1.93. The topological polar surface area (TPSA) is 34.1 Å². The first-order chi connectivity index (χ1) is 7.77. The van der Waals surface area contributed by atoms with E-state index in [9.17, 15) is 4.39 Å². The molecule has 0 saturated carbocycles. The van der Waals surface area contributed by atoms with Crippen molar-refractivity contribution in [3.05, 3.63) is 60.4 Å². The molecule has 16 heavy (non-hydrogen) atoms. The molecule has 0 unspecified atom stereocenters. The van der Waals surface area contributed by atoms with Crippen LogP contribution in [0.5, 0.6) is 0 Å². The average molecular weight is 216 g/mol. The van der Waals surface area contributed by atoms with Crippen LogP contribution in [-0.4, -0.2) is 6.15 Å². The van der Waals surface area contributed by atoms with Crippen LogP contribution in [0.15, 0.2) is 54.6 Å². The molecule has 0 fully saturated rings. The summed E-state index contributed by atoms with van der Waals surface area (Å²) in [6.45, 7) is 0. The van der Waals surface area contributed by atoms with Gasteiger partial charge in [0, 0.05) is 0 Å². The lowest BCUT2D eigenvalue weighted by Gasteiger charge is -1.99. The molecule has 0 aliphatic rings. The van der Waals surface area contributed by atoms with Crippen molar-refractivity contribution in [2.24, 2.45) is 0 Å². The van der Waals surface area contributed by atoms with Gasteiger partial charge in [0.2, 0.25) is 0 Å². The molecule has 3 heteroatoms. The Hall–Kier alpha value is -2.25. The van der Waals surface area contributed by atoms with Crippen molar-refractivity contribution < 1.29 is 14.0 Å². The van der Waals surface area contributed by atoms with Crippen LogP contribution in [0.4, 0.5) is 4.39 Å². The molecule has 0 spiro atoms. The van der Waals surface area contributed by atoms with Crippen molar-refractivity contribution in [3.8, 4) is 11.1 Å². The molecule has 0 aliphatic heterocycles. The molecule has 2 nitrogen and oxygen atoms in total. The van der Waals surface area contributed by atoms with E-state index in [1.807, 2.05) is 36.4 Å². The van der Waals surface area contributed by atoms with E-state index in [4.69, 9.17) is 9.59 Å². The van der Waals surface area contributed by atoms with Gasteiger partial charge in [-0.05, 0) is 23.3 Å². The molecule has 0 atom stereocenters. The molecule has 0 aliphatic carbocycles. The molecule has 2 aromatic carbocycles. The predicted molar refractivity (Wildman–Crippen MR) is 56.8 cm³/mol. The minimum atomic E-state index is -0.193. The van der Waals surface area contributed by atoms with Crippen molar-refractivity contribution in [2.45, 2.75) is 0 Å². The maximum Gasteiger partial charge on any atom is 0.373 e. The molecule has 0 aromatic heterocycles. The largest absolute Gasteiger partial charge is 0.373 e. The minimum Gasteiger partial charge on any atom is -0.207 e. The molecule has 2 rings (SSSR count).